The van der Waals surface area contributed by atoms with Crippen LogP contribution in [-0.4, -0.2) is 25.7 Å². The molecule has 1 aliphatic rings. The number of rotatable bonds is 2. The first kappa shape index (κ1) is 9.52. The van der Waals surface area contributed by atoms with Crippen molar-refractivity contribution in [2.75, 3.05) is 19.7 Å². The van der Waals surface area contributed by atoms with Gasteiger partial charge in [0.2, 0.25) is 0 Å². The minimum absolute atomic E-state index is 0.102. The zero-order chi connectivity index (χ0) is 9.19. The average molecular weight is 171 g/mol. The molecule has 0 bridgehead atoms. The van der Waals surface area contributed by atoms with Crippen molar-refractivity contribution in [3.05, 3.63) is 0 Å². The summed E-state index contributed by atoms with van der Waals surface area (Å²) in [5.41, 5.74) is -0.364. The smallest absolute Gasteiger partial charge is 0.311 e. The second-order valence-electron chi connectivity index (χ2n) is 4.37. The van der Waals surface area contributed by atoms with E-state index in [-0.39, 0.29) is 11.4 Å². The molecule has 0 saturated carbocycles. The Bertz CT molecular complexity index is 168. The molecule has 0 aliphatic carbocycles. The van der Waals surface area contributed by atoms with Gasteiger partial charge in [-0.1, -0.05) is 0 Å². The molecule has 70 valence electrons. The Hall–Kier alpha value is -0.570. The van der Waals surface area contributed by atoms with Crippen LogP contribution in [0.4, 0.5) is 0 Å². The lowest BCUT2D eigenvalue weighted by Gasteiger charge is -2.27. The maximum atomic E-state index is 11.3. The SMILES string of the molecule is CC(C)(C)C(=O)OCC1CNC1. The zero-order valence-electron chi connectivity index (χ0n) is 8.02. The van der Waals surface area contributed by atoms with Crippen molar-refractivity contribution >= 4 is 5.97 Å². The Morgan fingerprint density at radius 2 is 2.08 bits per heavy atom. The van der Waals surface area contributed by atoms with Crippen molar-refractivity contribution in [3.8, 4) is 0 Å². The molecule has 0 atom stereocenters. The van der Waals surface area contributed by atoms with E-state index >= 15 is 0 Å². The molecule has 3 heteroatoms. The molecule has 0 aromatic heterocycles. The van der Waals surface area contributed by atoms with Crippen LogP contribution >= 0.6 is 0 Å². The molecular weight excluding hydrogens is 154 g/mol. The van der Waals surface area contributed by atoms with Gasteiger partial charge >= 0.3 is 5.97 Å². The van der Waals surface area contributed by atoms with Crippen molar-refractivity contribution in [2.24, 2.45) is 11.3 Å². The predicted molar refractivity (Wildman–Crippen MR) is 46.8 cm³/mol. The standard InChI is InChI=1S/C9H17NO2/c1-9(2,3)8(11)12-6-7-4-10-5-7/h7,10H,4-6H2,1-3H3. The monoisotopic (exact) mass is 171 g/mol. The summed E-state index contributed by atoms with van der Waals surface area (Å²) >= 11 is 0. The molecule has 3 nitrogen and oxygen atoms in total. The molecular formula is C9H17NO2. The molecule has 1 N–H and O–H groups in total. The zero-order valence-corrected chi connectivity index (χ0v) is 8.02. The van der Waals surface area contributed by atoms with Gasteiger partial charge in [-0.15, -0.1) is 0 Å². The van der Waals surface area contributed by atoms with Gasteiger partial charge in [0, 0.05) is 19.0 Å². The second-order valence-corrected chi connectivity index (χ2v) is 4.37. The maximum Gasteiger partial charge on any atom is 0.311 e. The first-order valence-corrected chi connectivity index (χ1v) is 4.38. The molecule has 1 aliphatic heterocycles. The summed E-state index contributed by atoms with van der Waals surface area (Å²) in [6.45, 7) is 8.15. The van der Waals surface area contributed by atoms with Gasteiger partial charge in [0.15, 0.2) is 0 Å². The van der Waals surface area contributed by atoms with E-state index < -0.39 is 0 Å². The van der Waals surface area contributed by atoms with Gasteiger partial charge in [0.1, 0.15) is 0 Å². The highest BCUT2D eigenvalue weighted by Gasteiger charge is 2.25. The Balaban J connectivity index is 2.17. The number of carbonyl (C=O) groups excluding carboxylic acids is 1. The summed E-state index contributed by atoms with van der Waals surface area (Å²) in [4.78, 5) is 11.3. The van der Waals surface area contributed by atoms with E-state index in [0.29, 0.717) is 12.5 Å². The lowest BCUT2D eigenvalue weighted by molar-refractivity contribution is -0.154. The molecule has 0 amide bonds. The first-order chi connectivity index (χ1) is 5.50. The van der Waals surface area contributed by atoms with E-state index in [1.165, 1.54) is 0 Å². The number of carbonyl (C=O) groups is 1. The van der Waals surface area contributed by atoms with E-state index in [9.17, 15) is 4.79 Å². The number of nitrogens with one attached hydrogen (secondary N) is 1. The summed E-state index contributed by atoms with van der Waals surface area (Å²) < 4.78 is 5.13. The fraction of sp³-hybridized carbons (Fsp3) is 0.889. The maximum absolute atomic E-state index is 11.3. The molecule has 1 rings (SSSR count). The average Bonchev–Trinajstić information content (AvgIpc) is 1.81. The summed E-state index contributed by atoms with van der Waals surface area (Å²) in [6, 6.07) is 0. The van der Waals surface area contributed by atoms with Crippen LogP contribution in [0.25, 0.3) is 0 Å². The largest absolute Gasteiger partial charge is 0.465 e. The van der Waals surface area contributed by atoms with E-state index in [1.807, 2.05) is 20.8 Å². The molecule has 1 heterocycles. The van der Waals surface area contributed by atoms with Crippen molar-refractivity contribution < 1.29 is 9.53 Å². The van der Waals surface area contributed by atoms with Crippen molar-refractivity contribution in [1.29, 1.82) is 0 Å². The molecule has 0 spiro atoms. The Morgan fingerprint density at radius 1 is 1.50 bits per heavy atom. The van der Waals surface area contributed by atoms with E-state index in [0.717, 1.165) is 13.1 Å². The molecule has 0 aromatic carbocycles. The normalized spacial score (nSPS) is 18.6. The van der Waals surface area contributed by atoms with Crippen LogP contribution < -0.4 is 5.32 Å². The molecule has 0 unspecified atom stereocenters. The Kier molecular flexibility index (Phi) is 2.73. The molecule has 1 fully saturated rings. The van der Waals surface area contributed by atoms with Crippen molar-refractivity contribution in [1.82, 2.24) is 5.32 Å². The second kappa shape index (κ2) is 3.44. The quantitative estimate of drug-likeness (QED) is 0.624. The van der Waals surface area contributed by atoms with Gasteiger partial charge < -0.3 is 10.1 Å². The lowest BCUT2D eigenvalue weighted by Crippen LogP contribution is -2.45. The van der Waals surface area contributed by atoms with Crippen molar-refractivity contribution in [3.63, 3.8) is 0 Å². The molecule has 1 saturated heterocycles. The number of hydrogen-bond acceptors (Lipinski definition) is 3. The molecule has 0 aromatic rings. The fourth-order valence-electron chi connectivity index (χ4n) is 0.876. The highest BCUT2D eigenvalue weighted by molar-refractivity contribution is 5.75. The topological polar surface area (TPSA) is 38.3 Å². The van der Waals surface area contributed by atoms with E-state index in [4.69, 9.17) is 4.74 Å². The van der Waals surface area contributed by atoms with Crippen LogP contribution in [0.3, 0.4) is 0 Å². The van der Waals surface area contributed by atoms with Crippen LogP contribution in [0.1, 0.15) is 20.8 Å². The molecule has 12 heavy (non-hydrogen) atoms. The van der Waals surface area contributed by atoms with Crippen LogP contribution in [0.2, 0.25) is 0 Å². The van der Waals surface area contributed by atoms with E-state index in [2.05, 4.69) is 5.32 Å². The van der Waals surface area contributed by atoms with Gasteiger partial charge in [-0.25, -0.2) is 0 Å². The van der Waals surface area contributed by atoms with E-state index in [1.54, 1.807) is 0 Å². The number of ether oxygens (including phenoxy) is 1. The lowest BCUT2D eigenvalue weighted by atomic mass is 9.97. The highest BCUT2D eigenvalue weighted by atomic mass is 16.5. The molecule has 0 radical (unpaired) electrons. The van der Waals surface area contributed by atoms with Crippen molar-refractivity contribution in [2.45, 2.75) is 20.8 Å². The van der Waals surface area contributed by atoms with Crippen LogP contribution in [0, 0.1) is 11.3 Å². The number of hydrogen-bond donors (Lipinski definition) is 1. The third-order valence-electron chi connectivity index (χ3n) is 1.93. The predicted octanol–water partition coefficient (Wildman–Crippen LogP) is 0.795. The summed E-state index contributed by atoms with van der Waals surface area (Å²) in [5, 5.41) is 3.13. The summed E-state index contributed by atoms with van der Waals surface area (Å²) in [6.07, 6.45) is 0. The fourth-order valence-corrected chi connectivity index (χ4v) is 0.876. The van der Waals surface area contributed by atoms with Crippen LogP contribution in [0.5, 0.6) is 0 Å². The third kappa shape index (κ3) is 2.48. The highest BCUT2D eigenvalue weighted by Crippen LogP contribution is 2.16. The summed E-state index contributed by atoms with van der Waals surface area (Å²) in [5.74, 6) is 0.436. The number of esters is 1. The van der Waals surface area contributed by atoms with Gasteiger partial charge in [0.05, 0.1) is 12.0 Å². The Labute approximate surface area is 73.5 Å². The van der Waals surface area contributed by atoms with Crippen LogP contribution in [0.15, 0.2) is 0 Å². The van der Waals surface area contributed by atoms with Crippen LogP contribution in [-0.2, 0) is 9.53 Å². The van der Waals surface area contributed by atoms with Gasteiger partial charge in [0.25, 0.3) is 0 Å². The third-order valence-corrected chi connectivity index (χ3v) is 1.93. The van der Waals surface area contributed by atoms with Gasteiger partial charge in [-0.3, -0.25) is 4.79 Å². The van der Waals surface area contributed by atoms with Gasteiger partial charge in [-0.05, 0) is 20.8 Å². The van der Waals surface area contributed by atoms with Gasteiger partial charge in [-0.2, -0.15) is 0 Å². The minimum Gasteiger partial charge on any atom is -0.465 e. The first-order valence-electron chi connectivity index (χ1n) is 4.38. The summed E-state index contributed by atoms with van der Waals surface area (Å²) in [7, 11) is 0. The minimum atomic E-state index is -0.364. The Morgan fingerprint density at radius 3 is 2.42 bits per heavy atom.